The molecular formula is C26H25N3O3. The molecule has 0 bridgehead atoms. The van der Waals surface area contributed by atoms with Crippen molar-refractivity contribution in [1.29, 1.82) is 0 Å². The van der Waals surface area contributed by atoms with E-state index < -0.39 is 0 Å². The monoisotopic (exact) mass is 427 g/mol. The molecule has 0 fully saturated rings. The van der Waals surface area contributed by atoms with Crippen LogP contribution in [0.2, 0.25) is 0 Å². The number of carbonyl (C=O) groups excluding carboxylic acids is 1. The van der Waals surface area contributed by atoms with E-state index in [1.54, 1.807) is 14.2 Å². The van der Waals surface area contributed by atoms with Crippen LogP contribution in [0.25, 0.3) is 10.8 Å². The molecule has 0 aliphatic heterocycles. The fourth-order valence-corrected chi connectivity index (χ4v) is 3.49. The minimum absolute atomic E-state index is 0.338. The third kappa shape index (κ3) is 4.59. The van der Waals surface area contributed by atoms with Crippen LogP contribution < -0.4 is 25.0 Å². The number of hydrogen-bond donors (Lipinski definition) is 2. The van der Waals surface area contributed by atoms with E-state index in [0.717, 1.165) is 27.9 Å². The van der Waals surface area contributed by atoms with Crippen LogP contribution >= 0.6 is 0 Å². The number of nitrogens with one attached hydrogen (secondary N) is 2. The lowest BCUT2D eigenvalue weighted by molar-refractivity contribution is 0.262. The lowest BCUT2D eigenvalue weighted by Crippen LogP contribution is -2.20. The summed E-state index contributed by atoms with van der Waals surface area (Å²) >= 11 is 0. The van der Waals surface area contributed by atoms with Crippen molar-refractivity contribution in [2.75, 3.05) is 36.8 Å². The van der Waals surface area contributed by atoms with Crippen molar-refractivity contribution in [1.82, 2.24) is 0 Å². The first kappa shape index (κ1) is 21.1. The van der Waals surface area contributed by atoms with E-state index in [9.17, 15) is 4.79 Å². The number of ether oxygens (including phenoxy) is 2. The van der Waals surface area contributed by atoms with Crippen molar-refractivity contribution >= 4 is 39.6 Å². The first-order valence-corrected chi connectivity index (χ1v) is 10.2. The SMILES string of the molecule is COc1ccc(N(C)c2ccc(NC(=O)Nc3cc4ccccc4cc3OC)cc2)cc1. The molecule has 6 nitrogen and oxygen atoms in total. The molecule has 0 aromatic heterocycles. The highest BCUT2D eigenvalue weighted by atomic mass is 16.5. The van der Waals surface area contributed by atoms with Crippen LogP contribution in [0, 0.1) is 0 Å². The Morgan fingerprint density at radius 2 is 1.34 bits per heavy atom. The maximum absolute atomic E-state index is 12.6. The standard InChI is InChI=1S/C26H25N3O3/c1-29(22-12-14-23(31-2)15-13-22)21-10-8-20(9-11-21)27-26(30)28-24-16-18-6-4-5-7-19(18)17-25(24)32-3/h4-17H,1-3H3,(H2,27,28,30). The summed E-state index contributed by atoms with van der Waals surface area (Å²) in [6.45, 7) is 0. The minimum Gasteiger partial charge on any atom is -0.497 e. The average molecular weight is 428 g/mol. The van der Waals surface area contributed by atoms with Gasteiger partial charge in [0.25, 0.3) is 0 Å². The van der Waals surface area contributed by atoms with Crippen molar-refractivity contribution < 1.29 is 14.3 Å². The van der Waals surface area contributed by atoms with E-state index in [4.69, 9.17) is 9.47 Å². The highest BCUT2D eigenvalue weighted by molar-refractivity contribution is 6.02. The van der Waals surface area contributed by atoms with Crippen LogP contribution in [0.5, 0.6) is 11.5 Å². The van der Waals surface area contributed by atoms with Gasteiger partial charge in [-0.05, 0) is 71.4 Å². The molecule has 6 heteroatoms. The number of nitrogens with zero attached hydrogens (tertiary/aromatic N) is 1. The summed E-state index contributed by atoms with van der Waals surface area (Å²) < 4.78 is 10.7. The first-order valence-electron chi connectivity index (χ1n) is 10.2. The molecule has 0 atom stereocenters. The van der Waals surface area contributed by atoms with Gasteiger partial charge in [-0.15, -0.1) is 0 Å². The Balaban J connectivity index is 1.44. The number of hydrogen-bond acceptors (Lipinski definition) is 4. The van der Waals surface area contributed by atoms with Gasteiger partial charge in [-0.2, -0.15) is 0 Å². The zero-order valence-electron chi connectivity index (χ0n) is 18.3. The Kier molecular flexibility index (Phi) is 6.12. The molecule has 0 aliphatic rings. The largest absolute Gasteiger partial charge is 0.497 e. The van der Waals surface area contributed by atoms with Gasteiger partial charge in [-0.3, -0.25) is 0 Å². The molecule has 4 aromatic carbocycles. The predicted molar refractivity (Wildman–Crippen MR) is 131 cm³/mol. The molecule has 32 heavy (non-hydrogen) atoms. The second kappa shape index (κ2) is 9.31. The van der Waals surface area contributed by atoms with Crippen LogP contribution in [0.1, 0.15) is 0 Å². The molecule has 0 saturated carbocycles. The number of fused-ring (bicyclic) bond motifs is 1. The topological polar surface area (TPSA) is 62.8 Å². The van der Waals surface area contributed by atoms with Gasteiger partial charge in [-0.1, -0.05) is 24.3 Å². The first-order chi connectivity index (χ1) is 15.6. The Bertz CT molecular complexity index is 1220. The molecule has 0 aliphatic carbocycles. The normalized spacial score (nSPS) is 10.5. The zero-order chi connectivity index (χ0) is 22.5. The van der Waals surface area contributed by atoms with E-state index in [-0.39, 0.29) is 6.03 Å². The second-order valence-electron chi connectivity index (χ2n) is 7.28. The summed E-state index contributed by atoms with van der Waals surface area (Å²) in [4.78, 5) is 14.6. The molecule has 162 valence electrons. The lowest BCUT2D eigenvalue weighted by Gasteiger charge is -2.20. The van der Waals surface area contributed by atoms with E-state index in [1.807, 2.05) is 92.0 Å². The third-order valence-electron chi connectivity index (χ3n) is 5.29. The van der Waals surface area contributed by atoms with Gasteiger partial charge in [0.15, 0.2) is 0 Å². The Morgan fingerprint density at radius 1 is 0.750 bits per heavy atom. The zero-order valence-corrected chi connectivity index (χ0v) is 18.3. The van der Waals surface area contributed by atoms with Gasteiger partial charge in [0, 0.05) is 24.1 Å². The van der Waals surface area contributed by atoms with E-state index in [2.05, 4.69) is 15.5 Å². The Hall–Kier alpha value is -4.19. The Labute approximate surface area is 187 Å². The number of methoxy groups -OCH3 is 2. The maximum atomic E-state index is 12.6. The molecule has 0 unspecified atom stereocenters. The smallest absolute Gasteiger partial charge is 0.323 e. The minimum atomic E-state index is -0.338. The summed E-state index contributed by atoms with van der Waals surface area (Å²) in [6, 6.07) is 26.9. The summed E-state index contributed by atoms with van der Waals surface area (Å²) in [7, 11) is 5.23. The number of rotatable bonds is 6. The summed E-state index contributed by atoms with van der Waals surface area (Å²) in [5, 5.41) is 7.82. The van der Waals surface area contributed by atoms with Gasteiger partial charge < -0.3 is 25.0 Å². The van der Waals surface area contributed by atoms with Gasteiger partial charge in [-0.25, -0.2) is 4.79 Å². The molecule has 4 rings (SSSR count). The van der Waals surface area contributed by atoms with Gasteiger partial charge in [0.1, 0.15) is 11.5 Å². The molecule has 0 saturated heterocycles. The van der Waals surface area contributed by atoms with Crippen molar-refractivity contribution in [3.8, 4) is 11.5 Å². The van der Waals surface area contributed by atoms with Gasteiger partial charge in [0.2, 0.25) is 0 Å². The van der Waals surface area contributed by atoms with Crippen molar-refractivity contribution in [2.45, 2.75) is 0 Å². The van der Waals surface area contributed by atoms with E-state index in [1.165, 1.54) is 0 Å². The molecule has 0 spiro atoms. The van der Waals surface area contributed by atoms with Crippen LogP contribution in [-0.4, -0.2) is 27.3 Å². The molecule has 0 heterocycles. The number of urea groups is 1. The fourth-order valence-electron chi connectivity index (χ4n) is 3.49. The molecule has 2 N–H and O–H groups in total. The van der Waals surface area contributed by atoms with Crippen LogP contribution in [0.15, 0.2) is 84.9 Å². The van der Waals surface area contributed by atoms with Crippen molar-refractivity contribution in [3.63, 3.8) is 0 Å². The summed E-state index contributed by atoms with van der Waals surface area (Å²) in [6.07, 6.45) is 0. The predicted octanol–water partition coefficient (Wildman–Crippen LogP) is 6.27. The summed E-state index contributed by atoms with van der Waals surface area (Å²) in [5.41, 5.74) is 3.33. The van der Waals surface area contributed by atoms with E-state index in [0.29, 0.717) is 17.1 Å². The average Bonchev–Trinajstić information content (AvgIpc) is 2.83. The van der Waals surface area contributed by atoms with Crippen LogP contribution in [-0.2, 0) is 0 Å². The number of anilines is 4. The Morgan fingerprint density at radius 3 is 1.94 bits per heavy atom. The number of benzene rings is 4. The van der Waals surface area contributed by atoms with Crippen molar-refractivity contribution in [2.24, 2.45) is 0 Å². The number of amides is 2. The molecule has 4 aromatic rings. The van der Waals surface area contributed by atoms with Crippen molar-refractivity contribution in [3.05, 3.63) is 84.9 Å². The molecule has 0 radical (unpaired) electrons. The highest BCUT2D eigenvalue weighted by Gasteiger charge is 2.10. The second-order valence-corrected chi connectivity index (χ2v) is 7.28. The quantitative estimate of drug-likeness (QED) is 0.381. The third-order valence-corrected chi connectivity index (χ3v) is 5.29. The lowest BCUT2D eigenvalue weighted by atomic mass is 10.1. The highest BCUT2D eigenvalue weighted by Crippen LogP contribution is 2.31. The van der Waals surface area contributed by atoms with Crippen LogP contribution in [0.4, 0.5) is 27.5 Å². The number of carbonyl (C=O) groups is 1. The van der Waals surface area contributed by atoms with Gasteiger partial charge >= 0.3 is 6.03 Å². The maximum Gasteiger partial charge on any atom is 0.323 e. The molecular weight excluding hydrogens is 402 g/mol. The van der Waals surface area contributed by atoms with Gasteiger partial charge in [0.05, 0.1) is 19.9 Å². The molecule has 2 amide bonds. The van der Waals surface area contributed by atoms with Crippen LogP contribution in [0.3, 0.4) is 0 Å². The summed E-state index contributed by atoms with van der Waals surface area (Å²) in [5.74, 6) is 1.42. The fraction of sp³-hybridized carbons (Fsp3) is 0.115. The van der Waals surface area contributed by atoms with E-state index >= 15 is 0 Å².